The number of para-hydroxylation sites is 2. The van der Waals surface area contributed by atoms with E-state index in [1.165, 1.54) is 12.1 Å². The van der Waals surface area contributed by atoms with Gasteiger partial charge in [-0.25, -0.2) is 9.37 Å². The Balaban J connectivity index is 1.75. The Hall–Kier alpha value is -2.69. The summed E-state index contributed by atoms with van der Waals surface area (Å²) in [5, 5.41) is 3.05. The van der Waals surface area contributed by atoms with Crippen molar-refractivity contribution in [3.05, 3.63) is 66.2 Å². The highest BCUT2D eigenvalue weighted by atomic mass is 19.1. The van der Waals surface area contributed by atoms with Crippen molar-refractivity contribution < 1.29 is 9.18 Å². The Morgan fingerprint density at radius 3 is 2.58 bits per heavy atom. The van der Waals surface area contributed by atoms with Gasteiger partial charge in [-0.15, -0.1) is 0 Å². The minimum atomic E-state index is -0.280. The van der Waals surface area contributed by atoms with Crippen LogP contribution in [0.3, 0.4) is 0 Å². The van der Waals surface area contributed by atoms with Crippen LogP contribution < -0.4 is 5.32 Å². The number of benzene rings is 2. The summed E-state index contributed by atoms with van der Waals surface area (Å²) in [4.78, 5) is 16.8. The molecule has 0 fully saturated rings. The molecular formula is C19H20FN3O. The fourth-order valence-electron chi connectivity index (χ4n) is 2.82. The Morgan fingerprint density at radius 2 is 1.88 bits per heavy atom. The van der Waals surface area contributed by atoms with Crippen molar-refractivity contribution in [1.29, 1.82) is 0 Å². The van der Waals surface area contributed by atoms with Gasteiger partial charge in [0.2, 0.25) is 5.91 Å². The normalized spacial score (nSPS) is 12.5. The SMILES string of the molecule is CC(C)C(NC(=O)Cn1cnc2ccccc21)c1ccc(F)cc1. The summed E-state index contributed by atoms with van der Waals surface area (Å²) >= 11 is 0. The van der Waals surface area contributed by atoms with E-state index in [1.54, 1.807) is 18.5 Å². The van der Waals surface area contributed by atoms with Gasteiger partial charge < -0.3 is 9.88 Å². The van der Waals surface area contributed by atoms with Gasteiger partial charge in [-0.1, -0.05) is 38.1 Å². The minimum absolute atomic E-state index is 0.0961. The Bertz CT molecular complexity index is 839. The van der Waals surface area contributed by atoms with Gasteiger partial charge in [-0.05, 0) is 35.7 Å². The molecule has 1 amide bonds. The van der Waals surface area contributed by atoms with Gasteiger partial charge in [0, 0.05) is 0 Å². The number of hydrogen-bond donors (Lipinski definition) is 1. The molecule has 1 atom stereocenters. The fraction of sp³-hybridized carbons (Fsp3) is 0.263. The molecule has 3 aromatic rings. The summed E-state index contributed by atoms with van der Waals surface area (Å²) < 4.78 is 14.9. The van der Waals surface area contributed by atoms with Gasteiger partial charge in [0.05, 0.1) is 23.4 Å². The molecule has 2 aromatic carbocycles. The first-order valence-corrected chi connectivity index (χ1v) is 7.99. The average molecular weight is 325 g/mol. The van der Waals surface area contributed by atoms with E-state index in [2.05, 4.69) is 10.3 Å². The van der Waals surface area contributed by atoms with E-state index < -0.39 is 0 Å². The van der Waals surface area contributed by atoms with Crippen molar-refractivity contribution in [2.24, 2.45) is 5.92 Å². The summed E-state index contributed by atoms with van der Waals surface area (Å²) in [6.07, 6.45) is 1.67. The van der Waals surface area contributed by atoms with Crippen LogP contribution in [0, 0.1) is 11.7 Å². The number of rotatable bonds is 5. The molecule has 0 saturated carbocycles. The molecule has 0 aliphatic carbocycles. The number of carbonyl (C=O) groups excluding carboxylic acids is 1. The fourth-order valence-corrected chi connectivity index (χ4v) is 2.82. The van der Waals surface area contributed by atoms with Crippen LogP contribution in [0.2, 0.25) is 0 Å². The lowest BCUT2D eigenvalue weighted by Gasteiger charge is -2.23. The maximum Gasteiger partial charge on any atom is 0.240 e. The number of nitrogens with one attached hydrogen (secondary N) is 1. The number of hydrogen-bond acceptors (Lipinski definition) is 2. The lowest BCUT2D eigenvalue weighted by Crippen LogP contribution is -2.34. The second-order valence-corrected chi connectivity index (χ2v) is 6.20. The van der Waals surface area contributed by atoms with Gasteiger partial charge in [0.15, 0.2) is 0 Å². The highest BCUT2D eigenvalue weighted by Gasteiger charge is 2.19. The summed E-state index contributed by atoms with van der Waals surface area (Å²) in [7, 11) is 0. The van der Waals surface area contributed by atoms with Crippen molar-refractivity contribution in [3.8, 4) is 0 Å². The Kier molecular flexibility index (Phi) is 4.60. The maximum atomic E-state index is 13.1. The van der Waals surface area contributed by atoms with Crippen molar-refractivity contribution in [1.82, 2.24) is 14.9 Å². The van der Waals surface area contributed by atoms with Gasteiger partial charge in [0.1, 0.15) is 12.4 Å². The first-order valence-electron chi connectivity index (χ1n) is 7.99. The zero-order chi connectivity index (χ0) is 17.1. The molecule has 0 saturated heterocycles. The molecule has 3 rings (SSSR count). The molecule has 5 heteroatoms. The number of fused-ring (bicyclic) bond motifs is 1. The molecule has 24 heavy (non-hydrogen) atoms. The largest absolute Gasteiger partial charge is 0.347 e. The number of carbonyl (C=O) groups is 1. The van der Waals surface area contributed by atoms with Gasteiger partial charge in [-0.2, -0.15) is 0 Å². The van der Waals surface area contributed by atoms with Gasteiger partial charge in [-0.3, -0.25) is 4.79 Å². The predicted molar refractivity (Wildman–Crippen MR) is 91.9 cm³/mol. The van der Waals surface area contributed by atoms with E-state index in [9.17, 15) is 9.18 Å². The van der Waals surface area contributed by atoms with Crippen LogP contribution in [-0.4, -0.2) is 15.5 Å². The topological polar surface area (TPSA) is 46.9 Å². The number of aromatic nitrogens is 2. The van der Waals surface area contributed by atoms with E-state index in [0.717, 1.165) is 16.6 Å². The molecule has 1 N–H and O–H groups in total. The van der Waals surface area contributed by atoms with Crippen LogP contribution in [0.5, 0.6) is 0 Å². The zero-order valence-corrected chi connectivity index (χ0v) is 13.7. The second kappa shape index (κ2) is 6.83. The van der Waals surface area contributed by atoms with Crippen LogP contribution in [0.1, 0.15) is 25.5 Å². The van der Waals surface area contributed by atoms with Gasteiger partial charge >= 0.3 is 0 Å². The summed E-state index contributed by atoms with van der Waals surface area (Å²) in [5.74, 6) is -0.183. The summed E-state index contributed by atoms with van der Waals surface area (Å²) in [6.45, 7) is 4.26. The smallest absolute Gasteiger partial charge is 0.240 e. The third-order valence-corrected chi connectivity index (χ3v) is 4.05. The molecule has 0 spiro atoms. The highest BCUT2D eigenvalue weighted by Crippen LogP contribution is 2.22. The minimum Gasteiger partial charge on any atom is -0.347 e. The lowest BCUT2D eigenvalue weighted by atomic mass is 9.96. The first kappa shape index (κ1) is 16.2. The molecule has 1 heterocycles. The third kappa shape index (κ3) is 3.45. The molecule has 1 aromatic heterocycles. The van der Waals surface area contributed by atoms with E-state index in [0.29, 0.717) is 0 Å². The van der Waals surface area contributed by atoms with E-state index in [-0.39, 0.29) is 30.2 Å². The lowest BCUT2D eigenvalue weighted by molar-refractivity contribution is -0.122. The van der Waals surface area contributed by atoms with Crippen molar-refractivity contribution in [2.75, 3.05) is 0 Å². The van der Waals surface area contributed by atoms with Crippen molar-refractivity contribution >= 4 is 16.9 Å². The highest BCUT2D eigenvalue weighted by molar-refractivity contribution is 5.80. The Labute approximate surface area is 140 Å². The summed E-state index contributed by atoms with van der Waals surface area (Å²) in [5.41, 5.74) is 2.69. The van der Waals surface area contributed by atoms with Gasteiger partial charge in [0.25, 0.3) is 0 Å². The Morgan fingerprint density at radius 1 is 1.17 bits per heavy atom. The molecule has 0 radical (unpaired) electrons. The van der Waals surface area contributed by atoms with E-state index in [4.69, 9.17) is 0 Å². The second-order valence-electron chi connectivity index (χ2n) is 6.20. The van der Waals surface area contributed by atoms with E-state index >= 15 is 0 Å². The number of nitrogens with zero attached hydrogens (tertiary/aromatic N) is 2. The molecule has 1 unspecified atom stereocenters. The van der Waals surface area contributed by atoms with Crippen LogP contribution in [0.25, 0.3) is 11.0 Å². The molecule has 0 aliphatic rings. The number of halogens is 1. The third-order valence-electron chi connectivity index (χ3n) is 4.05. The van der Waals surface area contributed by atoms with E-state index in [1.807, 2.05) is 42.7 Å². The molecule has 0 aliphatic heterocycles. The number of imidazole rings is 1. The average Bonchev–Trinajstić information content (AvgIpc) is 2.96. The van der Waals surface area contributed by atoms with Crippen LogP contribution in [0.4, 0.5) is 4.39 Å². The predicted octanol–water partition coefficient (Wildman–Crippen LogP) is 3.69. The van der Waals surface area contributed by atoms with Crippen LogP contribution >= 0.6 is 0 Å². The maximum absolute atomic E-state index is 13.1. The molecule has 4 nitrogen and oxygen atoms in total. The van der Waals surface area contributed by atoms with Crippen molar-refractivity contribution in [2.45, 2.75) is 26.4 Å². The van der Waals surface area contributed by atoms with Crippen LogP contribution in [0.15, 0.2) is 54.9 Å². The molecular weight excluding hydrogens is 305 g/mol. The monoisotopic (exact) mass is 325 g/mol. The summed E-state index contributed by atoms with van der Waals surface area (Å²) in [6, 6.07) is 13.8. The van der Waals surface area contributed by atoms with Crippen molar-refractivity contribution in [3.63, 3.8) is 0 Å². The van der Waals surface area contributed by atoms with Crippen LogP contribution in [-0.2, 0) is 11.3 Å². The molecule has 124 valence electrons. The zero-order valence-electron chi connectivity index (χ0n) is 13.7. The standard InChI is InChI=1S/C19H20FN3O/c1-13(2)19(14-7-9-15(20)10-8-14)22-18(24)11-23-12-21-16-5-3-4-6-17(16)23/h3-10,12-13,19H,11H2,1-2H3,(H,22,24). The quantitative estimate of drug-likeness (QED) is 0.778. The number of amides is 1. The molecule has 0 bridgehead atoms. The first-order chi connectivity index (χ1) is 11.5.